The fourth-order valence-electron chi connectivity index (χ4n) is 3.03. The maximum atomic E-state index is 12.9. The van der Waals surface area contributed by atoms with Gasteiger partial charge in [0.05, 0.1) is 0 Å². The molecule has 6 nitrogen and oxygen atoms in total. The average Bonchev–Trinajstić information content (AvgIpc) is 3.28. The minimum Gasteiger partial charge on any atom is -0.363 e. The Hall–Kier alpha value is -2.63. The van der Waals surface area contributed by atoms with Crippen LogP contribution in [0.15, 0.2) is 47.2 Å². The molecule has 1 fully saturated rings. The molecule has 1 aliphatic carbocycles. The first-order valence-electron chi connectivity index (χ1n) is 8.65. The minimum atomic E-state index is -0.264. The molecule has 1 heterocycles. The van der Waals surface area contributed by atoms with Crippen molar-refractivity contribution >= 4 is 17.6 Å². The van der Waals surface area contributed by atoms with E-state index in [0.717, 1.165) is 12.8 Å². The molecule has 1 aromatic carbocycles. The van der Waals surface area contributed by atoms with Crippen LogP contribution < -0.4 is 5.32 Å². The molecule has 25 heavy (non-hydrogen) atoms. The lowest BCUT2D eigenvalue weighted by atomic mass is 10.1. The lowest BCUT2D eigenvalue weighted by Crippen LogP contribution is -2.44. The molecule has 1 N–H and O–H groups in total. The van der Waals surface area contributed by atoms with Crippen molar-refractivity contribution < 1.29 is 14.1 Å². The van der Waals surface area contributed by atoms with Gasteiger partial charge in [0.1, 0.15) is 12.8 Å². The highest BCUT2D eigenvalue weighted by atomic mass is 16.5. The number of carbonyl (C=O) groups is 2. The summed E-state index contributed by atoms with van der Waals surface area (Å²) < 4.78 is 4.70. The summed E-state index contributed by atoms with van der Waals surface area (Å²) in [5.74, 6) is 0.378. The van der Waals surface area contributed by atoms with Crippen molar-refractivity contribution in [3.05, 3.63) is 48.2 Å². The van der Waals surface area contributed by atoms with Crippen LogP contribution in [0.3, 0.4) is 0 Å². The number of benzene rings is 1. The molecule has 1 aromatic heterocycles. The minimum absolute atomic E-state index is 0.00702. The van der Waals surface area contributed by atoms with Crippen molar-refractivity contribution in [3.8, 4) is 0 Å². The first-order chi connectivity index (χ1) is 12.1. The Balaban J connectivity index is 1.64. The molecular weight excluding hydrogens is 318 g/mol. The van der Waals surface area contributed by atoms with E-state index in [0.29, 0.717) is 5.82 Å². The van der Waals surface area contributed by atoms with E-state index >= 15 is 0 Å². The number of nitrogens with zero attached hydrogens (tertiary/aromatic N) is 2. The highest BCUT2D eigenvalue weighted by Crippen LogP contribution is 2.48. The van der Waals surface area contributed by atoms with Crippen LogP contribution in [0.25, 0.3) is 0 Å². The van der Waals surface area contributed by atoms with Crippen LogP contribution in [0.2, 0.25) is 0 Å². The van der Waals surface area contributed by atoms with E-state index in [4.69, 9.17) is 4.52 Å². The van der Waals surface area contributed by atoms with Gasteiger partial charge in [-0.3, -0.25) is 9.59 Å². The molecule has 1 aliphatic rings. The summed E-state index contributed by atoms with van der Waals surface area (Å²) in [6, 6.07) is 11.7. The fraction of sp³-hybridized carbons (Fsp3) is 0.421. The summed E-state index contributed by atoms with van der Waals surface area (Å²) in [5.41, 5.74) is 1.19. The van der Waals surface area contributed by atoms with Crippen LogP contribution in [0.4, 0.5) is 5.82 Å². The summed E-state index contributed by atoms with van der Waals surface area (Å²) in [6.07, 6.45) is 3.04. The normalized spacial score (nSPS) is 19.9. The third kappa shape index (κ3) is 4.07. The van der Waals surface area contributed by atoms with Gasteiger partial charge in [-0.2, -0.15) is 0 Å². The van der Waals surface area contributed by atoms with E-state index in [9.17, 15) is 9.59 Å². The molecule has 3 atom stereocenters. The second-order valence-electron chi connectivity index (χ2n) is 6.52. The molecule has 3 rings (SSSR count). The number of rotatable bonds is 7. The van der Waals surface area contributed by atoms with E-state index < -0.39 is 0 Å². The van der Waals surface area contributed by atoms with E-state index in [2.05, 4.69) is 22.6 Å². The number of anilines is 1. The van der Waals surface area contributed by atoms with Crippen molar-refractivity contribution in [2.75, 3.05) is 11.9 Å². The summed E-state index contributed by atoms with van der Waals surface area (Å²) in [4.78, 5) is 26.9. The Kier molecular flexibility index (Phi) is 5.16. The summed E-state index contributed by atoms with van der Waals surface area (Å²) in [7, 11) is 0. The van der Waals surface area contributed by atoms with Crippen LogP contribution in [0.1, 0.15) is 38.2 Å². The Morgan fingerprint density at radius 3 is 2.72 bits per heavy atom. The predicted molar refractivity (Wildman–Crippen MR) is 93.9 cm³/mol. The molecular formula is C19H23N3O3. The van der Waals surface area contributed by atoms with Crippen LogP contribution in [0, 0.1) is 5.92 Å². The van der Waals surface area contributed by atoms with Gasteiger partial charge < -0.3 is 14.7 Å². The molecule has 0 radical (unpaired) electrons. The summed E-state index contributed by atoms with van der Waals surface area (Å²) >= 11 is 0. The molecule has 132 valence electrons. The molecule has 1 saturated carbocycles. The third-order valence-electron chi connectivity index (χ3n) is 4.76. The second kappa shape index (κ2) is 7.51. The number of carbonyl (C=O) groups excluding carboxylic acids is 2. The second-order valence-corrected chi connectivity index (χ2v) is 6.52. The lowest BCUT2D eigenvalue weighted by Gasteiger charge is -2.28. The highest BCUT2D eigenvalue weighted by molar-refractivity contribution is 5.94. The van der Waals surface area contributed by atoms with Crippen LogP contribution in [-0.2, 0) is 9.59 Å². The maximum Gasteiger partial charge on any atom is 0.245 e. The molecule has 6 heteroatoms. The van der Waals surface area contributed by atoms with Crippen molar-refractivity contribution in [1.82, 2.24) is 10.1 Å². The number of hydrogen-bond donors (Lipinski definition) is 1. The van der Waals surface area contributed by atoms with Gasteiger partial charge in [0, 0.05) is 18.0 Å². The Morgan fingerprint density at radius 1 is 1.32 bits per heavy atom. The van der Waals surface area contributed by atoms with Gasteiger partial charge in [-0.05, 0) is 31.2 Å². The summed E-state index contributed by atoms with van der Waals surface area (Å²) in [6.45, 7) is 4.02. The van der Waals surface area contributed by atoms with Crippen LogP contribution >= 0.6 is 0 Å². The number of amides is 2. The molecule has 2 amide bonds. The highest BCUT2D eigenvalue weighted by Gasteiger charge is 2.46. The SMILES string of the molecule is CC[C@@H](C)N(CC(=O)Nc1ccon1)C(=O)[C@@H]1C[C@H]1c1ccccc1. The van der Waals surface area contributed by atoms with Gasteiger partial charge in [0.2, 0.25) is 11.8 Å². The number of hydrogen-bond acceptors (Lipinski definition) is 4. The first-order valence-corrected chi connectivity index (χ1v) is 8.65. The van der Waals surface area contributed by atoms with E-state index in [-0.39, 0.29) is 36.2 Å². The zero-order valence-electron chi connectivity index (χ0n) is 14.5. The van der Waals surface area contributed by atoms with Crippen LogP contribution in [-0.4, -0.2) is 34.5 Å². The fourth-order valence-corrected chi connectivity index (χ4v) is 3.03. The van der Waals surface area contributed by atoms with Gasteiger partial charge in [0.25, 0.3) is 0 Å². The van der Waals surface area contributed by atoms with Crippen molar-refractivity contribution in [2.24, 2.45) is 5.92 Å². The Bertz CT molecular complexity index is 715. The largest absolute Gasteiger partial charge is 0.363 e. The van der Waals surface area contributed by atoms with Gasteiger partial charge in [0.15, 0.2) is 5.82 Å². The third-order valence-corrected chi connectivity index (χ3v) is 4.76. The molecule has 2 aromatic rings. The molecule has 0 unspecified atom stereocenters. The molecule has 0 saturated heterocycles. The average molecular weight is 341 g/mol. The Labute approximate surface area is 147 Å². The summed E-state index contributed by atoms with van der Waals surface area (Å²) in [5, 5.41) is 6.31. The zero-order chi connectivity index (χ0) is 17.8. The van der Waals surface area contributed by atoms with Crippen LogP contribution in [0.5, 0.6) is 0 Å². The lowest BCUT2D eigenvalue weighted by molar-refractivity contribution is -0.138. The number of aromatic nitrogens is 1. The first kappa shape index (κ1) is 17.2. The zero-order valence-corrected chi connectivity index (χ0v) is 14.5. The molecule has 0 aliphatic heterocycles. The van der Waals surface area contributed by atoms with Gasteiger partial charge in [-0.1, -0.05) is 42.4 Å². The van der Waals surface area contributed by atoms with Crippen molar-refractivity contribution in [3.63, 3.8) is 0 Å². The van der Waals surface area contributed by atoms with E-state index in [1.807, 2.05) is 32.0 Å². The van der Waals surface area contributed by atoms with Gasteiger partial charge in [-0.25, -0.2) is 0 Å². The van der Waals surface area contributed by atoms with Crippen molar-refractivity contribution in [2.45, 2.75) is 38.6 Å². The predicted octanol–water partition coefficient (Wildman–Crippen LogP) is 3.04. The van der Waals surface area contributed by atoms with E-state index in [1.54, 1.807) is 11.0 Å². The molecule has 0 spiro atoms. The van der Waals surface area contributed by atoms with E-state index in [1.165, 1.54) is 11.8 Å². The van der Waals surface area contributed by atoms with Gasteiger partial charge >= 0.3 is 0 Å². The van der Waals surface area contributed by atoms with Gasteiger partial charge in [-0.15, -0.1) is 0 Å². The Morgan fingerprint density at radius 2 is 2.08 bits per heavy atom. The van der Waals surface area contributed by atoms with Crippen molar-refractivity contribution in [1.29, 1.82) is 0 Å². The standard InChI is InChI=1S/C19H23N3O3/c1-3-13(2)22(12-18(23)20-17-9-10-25-21-17)19(24)16-11-15(16)14-7-5-4-6-8-14/h4-10,13,15-16H,3,11-12H2,1-2H3,(H,20,21,23)/t13-,15+,16-/m1/s1. The number of nitrogens with one attached hydrogen (secondary N) is 1. The quantitative estimate of drug-likeness (QED) is 0.840. The topological polar surface area (TPSA) is 75.4 Å². The maximum absolute atomic E-state index is 12.9. The molecule has 0 bridgehead atoms. The monoisotopic (exact) mass is 341 g/mol. The smallest absolute Gasteiger partial charge is 0.245 e.